The van der Waals surface area contributed by atoms with Crippen LogP contribution in [-0.4, -0.2) is 29.2 Å². The van der Waals surface area contributed by atoms with Gasteiger partial charge in [-0.05, 0) is 37.5 Å². The largest absolute Gasteiger partial charge is 0.377 e. The molecule has 1 aliphatic heterocycles. The summed E-state index contributed by atoms with van der Waals surface area (Å²) in [5.41, 5.74) is 0.486. The van der Waals surface area contributed by atoms with Crippen LogP contribution in [0, 0.1) is 0 Å². The Balaban J connectivity index is 1.67. The summed E-state index contributed by atoms with van der Waals surface area (Å²) in [5, 5.41) is 4.42. The van der Waals surface area contributed by atoms with Gasteiger partial charge in [0.05, 0.1) is 23.6 Å². The quantitative estimate of drug-likeness (QED) is 0.909. The van der Waals surface area contributed by atoms with E-state index in [1.165, 1.54) is 6.42 Å². The predicted octanol–water partition coefficient (Wildman–Crippen LogP) is 2.24. The molecule has 1 fully saturated rings. The maximum atomic E-state index is 12.0. The third-order valence-corrected chi connectivity index (χ3v) is 3.89. The van der Waals surface area contributed by atoms with Crippen LogP contribution in [0.15, 0.2) is 23.0 Å². The van der Waals surface area contributed by atoms with Gasteiger partial charge in [0.25, 0.3) is 5.56 Å². The summed E-state index contributed by atoms with van der Waals surface area (Å²) in [4.78, 5) is 19.2. The molecule has 2 aromatic rings. The fourth-order valence-corrected chi connectivity index (χ4v) is 2.73. The van der Waals surface area contributed by atoms with Crippen LogP contribution in [-0.2, 0) is 11.3 Å². The van der Waals surface area contributed by atoms with Gasteiger partial charge in [0.1, 0.15) is 5.82 Å². The number of nitrogens with one attached hydrogen (secondary N) is 2. The van der Waals surface area contributed by atoms with Crippen molar-refractivity contribution in [1.82, 2.24) is 15.3 Å². The number of hydrogen-bond acceptors (Lipinski definition) is 4. The minimum atomic E-state index is -0.137. The number of rotatable bonds is 4. The molecule has 0 aliphatic carbocycles. The molecule has 2 heterocycles. The minimum Gasteiger partial charge on any atom is -0.377 e. The maximum Gasteiger partial charge on any atom is 0.258 e. The fourth-order valence-electron chi connectivity index (χ4n) is 2.56. The lowest BCUT2D eigenvalue weighted by Crippen LogP contribution is -2.32. The van der Waals surface area contributed by atoms with E-state index in [0.29, 0.717) is 28.3 Å². The number of ether oxygens (including phenoxy) is 1. The number of fused-ring (bicyclic) bond motifs is 1. The van der Waals surface area contributed by atoms with Gasteiger partial charge in [0.2, 0.25) is 0 Å². The molecular weight excluding hydrogens is 290 g/mol. The summed E-state index contributed by atoms with van der Waals surface area (Å²) in [6.45, 7) is 2.13. The van der Waals surface area contributed by atoms with E-state index in [0.717, 1.165) is 26.0 Å². The highest BCUT2D eigenvalue weighted by atomic mass is 35.5. The number of benzene rings is 1. The molecule has 1 aromatic heterocycles. The van der Waals surface area contributed by atoms with Gasteiger partial charge in [-0.1, -0.05) is 11.6 Å². The molecule has 0 saturated carbocycles. The van der Waals surface area contributed by atoms with Gasteiger partial charge >= 0.3 is 0 Å². The molecule has 0 amide bonds. The van der Waals surface area contributed by atoms with Crippen LogP contribution in [0.25, 0.3) is 10.9 Å². The second-order valence-electron chi connectivity index (χ2n) is 5.29. The lowest BCUT2D eigenvalue weighted by Gasteiger charge is -2.22. The Hall–Kier alpha value is -1.43. The van der Waals surface area contributed by atoms with E-state index >= 15 is 0 Å². The van der Waals surface area contributed by atoms with Gasteiger partial charge in [-0.3, -0.25) is 4.79 Å². The molecule has 1 aliphatic rings. The Bertz CT molecular complexity index is 680. The number of aromatic amines is 1. The summed E-state index contributed by atoms with van der Waals surface area (Å²) >= 11 is 5.94. The average molecular weight is 308 g/mol. The zero-order valence-electron chi connectivity index (χ0n) is 11.7. The highest BCUT2D eigenvalue weighted by molar-refractivity contribution is 6.31. The molecule has 0 spiro atoms. The van der Waals surface area contributed by atoms with E-state index in [9.17, 15) is 4.79 Å². The van der Waals surface area contributed by atoms with Gasteiger partial charge in [0, 0.05) is 18.2 Å². The highest BCUT2D eigenvalue weighted by Gasteiger charge is 2.13. The first-order chi connectivity index (χ1) is 10.2. The summed E-state index contributed by atoms with van der Waals surface area (Å²) < 4.78 is 5.65. The van der Waals surface area contributed by atoms with Crippen molar-refractivity contribution in [2.45, 2.75) is 31.9 Å². The Morgan fingerprint density at radius 3 is 3.14 bits per heavy atom. The summed E-state index contributed by atoms with van der Waals surface area (Å²) in [5.74, 6) is 0.616. The van der Waals surface area contributed by atoms with Crippen molar-refractivity contribution < 1.29 is 4.74 Å². The second kappa shape index (κ2) is 6.56. The monoisotopic (exact) mass is 307 g/mol. The van der Waals surface area contributed by atoms with Crippen LogP contribution >= 0.6 is 11.6 Å². The van der Waals surface area contributed by atoms with Gasteiger partial charge < -0.3 is 15.0 Å². The average Bonchev–Trinajstić information content (AvgIpc) is 2.48. The number of nitrogens with zero attached hydrogens (tertiary/aromatic N) is 1. The molecule has 1 atom stereocenters. The predicted molar refractivity (Wildman–Crippen MR) is 82.7 cm³/mol. The molecule has 1 unspecified atom stereocenters. The van der Waals surface area contributed by atoms with Crippen molar-refractivity contribution in [3.8, 4) is 0 Å². The second-order valence-corrected chi connectivity index (χ2v) is 5.73. The van der Waals surface area contributed by atoms with E-state index in [1.807, 2.05) is 0 Å². The van der Waals surface area contributed by atoms with Crippen LogP contribution in [0.1, 0.15) is 25.1 Å². The normalized spacial score (nSPS) is 19.0. The van der Waals surface area contributed by atoms with Gasteiger partial charge in [-0.2, -0.15) is 0 Å². The molecule has 112 valence electrons. The van der Waals surface area contributed by atoms with Crippen LogP contribution in [0.5, 0.6) is 0 Å². The summed E-state index contributed by atoms with van der Waals surface area (Å²) in [7, 11) is 0. The lowest BCUT2D eigenvalue weighted by atomic mass is 10.1. The van der Waals surface area contributed by atoms with Crippen LogP contribution in [0.4, 0.5) is 0 Å². The van der Waals surface area contributed by atoms with Crippen LogP contribution < -0.4 is 10.9 Å². The Kier molecular flexibility index (Phi) is 4.53. The van der Waals surface area contributed by atoms with Crippen molar-refractivity contribution in [2.24, 2.45) is 0 Å². The summed E-state index contributed by atoms with van der Waals surface area (Å²) in [6, 6.07) is 5.09. The van der Waals surface area contributed by atoms with E-state index in [4.69, 9.17) is 16.3 Å². The zero-order chi connectivity index (χ0) is 14.7. The van der Waals surface area contributed by atoms with Gasteiger partial charge in [-0.15, -0.1) is 0 Å². The van der Waals surface area contributed by atoms with Crippen molar-refractivity contribution in [3.05, 3.63) is 39.4 Å². The molecular formula is C15H18ClN3O2. The maximum absolute atomic E-state index is 12.0. The first kappa shape index (κ1) is 14.5. The number of aromatic nitrogens is 2. The van der Waals surface area contributed by atoms with Crippen molar-refractivity contribution in [2.75, 3.05) is 13.2 Å². The molecule has 1 saturated heterocycles. The third-order valence-electron chi connectivity index (χ3n) is 3.66. The van der Waals surface area contributed by atoms with E-state index in [2.05, 4.69) is 15.3 Å². The molecule has 21 heavy (non-hydrogen) atoms. The molecule has 6 heteroatoms. The van der Waals surface area contributed by atoms with Gasteiger partial charge in [0.15, 0.2) is 0 Å². The first-order valence-electron chi connectivity index (χ1n) is 7.23. The number of H-pyrrole nitrogens is 1. The Morgan fingerprint density at radius 2 is 2.33 bits per heavy atom. The van der Waals surface area contributed by atoms with Crippen molar-refractivity contribution in [3.63, 3.8) is 0 Å². The first-order valence-corrected chi connectivity index (χ1v) is 7.61. The summed E-state index contributed by atoms with van der Waals surface area (Å²) in [6.07, 6.45) is 3.72. The molecule has 5 nitrogen and oxygen atoms in total. The third kappa shape index (κ3) is 3.61. The van der Waals surface area contributed by atoms with E-state index in [1.54, 1.807) is 18.2 Å². The highest BCUT2D eigenvalue weighted by Crippen LogP contribution is 2.14. The van der Waals surface area contributed by atoms with Crippen LogP contribution in [0.2, 0.25) is 5.02 Å². The van der Waals surface area contributed by atoms with Crippen LogP contribution in [0.3, 0.4) is 0 Å². The Labute approximate surface area is 127 Å². The number of hydrogen-bond donors (Lipinski definition) is 2. The molecule has 0 radical (unpaired) electrons. The lowest BCUT2D eigenvalue weighted by molar-refractivity contribution is 0.0167. The van der Waals surface area contributed by atoms with Crippen molar-refractivity contribution >= 4 is 22.5 Å². The smallest absolute Gasteiger partial charge is 0.258 e. The van der Waals surface area contributed by atoms with Gasteiger partial charge in [-0.25, -0.2) is 4.98 Å². The topological polar surface area (TPSA) is 67.0 Å². The molecule has 2 N–H and O–H groups in total. The molecule has 3 rings (SSSR count). The SMILES string of the molecule is O=c1[nH]c(CNCC2CCCCO2)nc2cc(Cl)ccc12. The van der Waals surface area contributed by atoms with E-state index < -0.39 is 0 Å². The minimum absolute atomic E-state index is 0.137. The number of halogens is 1. The zero-order valence-corrected chi connectivity index (χ0v) is 12.4. The van der Waals surface area contributed by atoms with Crippen molar-refractivity contribution in [1.29, 1.82) is 0 Å². The Morgan fingerprint density at radius 1 is 1.43 bits per heavy atom. The van der Waals surface area contributed by atoms with E-state index in [-0.39, 0.29) is 11.7 Å². The molecule has 0 bridgehead atoms. The molecule has 1 aromatic carbocycles. The fraction of sp³-hybridized carbons (Fsp3) is 0.467. The standard InChI is InChI=1S/C15H18ClN3O2/c16-10-4-5-12-13(7-10)18-14(19-15(12)20)9-17-8-11-3-1-2-6-21-11/h4-5,7,11,17H,1-3,6,8-9H2,(H,18,19,20).